The lowest BCUT2D eigenvalue weighted by atomic mass is 10.2. The van der Waals surface area contributed by atoms with Gasteiger partial charge in [-0.05, 0) is 18.2 Å². The fourth-order valence-corrected chi connectivity index (χ4v) is 2.20. The van der Waals surface area contributed by atoms with Gasteiger partial charge in [-0.1, -0.05) is 29.8 Å². The van der Waals surface area contributed by atoms with Crippen LogP contribution < -0.4 is 10.9 Å². The molecule has 6 heteroatoms. The zero-order valence-electron chi connectivity index (χ0n) is 11.2. The third-order valence-corrected chi connectivity index (χ3v) is 3.08. The number of nitrogens with one attached hydrogen (secondary N) is 2. The van der Waals surface area contributed by atoms with Crippen LogP contribution in [0.15, 0.2) is 33.5 Å². The lowest BCUT2D eigenvalue weighted by Gasteiger charge is -2.09. The second-order valence-corrected chi connectivity index (χ2v) is 5.69. The summed E-state index contributed by atoms with van der Waals surface area (Å²) < 4.78 is 14.0. The van der Waals surface area contributed by atoms with Gasteiger partial charge in [0, 0.05) is 28.7 Å². The van der Waals surface area contributed by atoms with Gasteiger partial charge in [0.15, 0.2) is 0 Å². The number of nitrogens with zero attached hydrogens (tertiary/aromatic N) is 1. The lowest BCUT2D eigenvalue weighted by molar-refractivity contribution is 0.580. The number of hydrogen-bond acceptors (Lipinski definition) is 3. The van der Waals surface area contributed by atoms with Crippen molar-refractivity contribution in [3.8, 4) is 11.4 Å². The molecule has 4 nitrogen and oxygen atoms in total. The maximum atomic E-state index is 13.4. The highest BCUT2D eigenvalue weighted by atomic mass is 79.9. The predicted octanol–water partition coefficient (Wildman–Crippen LogP) is 2.84. The van der Waals surface area contributed by atoms with E-state index in [1.807, 2.05) is 13.8 Å². The molecule has 0 bridgehead atoms. The Bertz CT molecular complexity index is 649. The Hall–Kier alpha value is -1.53. The Morgan fingerprint density at radius 2 is 2.10 bits per heavy atom. The SMILES string of the molecule is CC(C)NCc1cc(=O)[nH]c(-c2cc(F)cc(Br)c2)n1. The summed E-state index contributed by atoms with van der Waals surface area (Å²) in [5, 5.41) is 3.19. The minimum absolute atomic E-state index is 0.254. The monoisotopic (exact) mass is 339 g/mol. The molecule has 2 aromatic rings. The molecule has 0 aliphatic carbocycles. The van der Waals surface area contributed by atoms with E-state index in [0.717, 1.165) is 0 Å². The zero-order chi connectivity index (χ0) is 14.7. The molecule has 0 aliphatic rings. The van der Waals surface area contributed by atoms with Crippen LogP contribution in [0, 0.1) is 5.82 Å². The van der Waals surface area contributed by atoms with Crippen molar-refractivity contribution < 1.29 is 4.39 Å². The summed E-state index contributed by atoms with van der Waals surface area (Å²) in [6.07, 6.45) is 0. The van der Waals surface area contributed by atoms with E-state index in [2.05, 4.69) is 31.2 Å². The predicted molar refractivity (Wildman–Crippen MR) is 79.9 cm³/mol. The quantitative estimate of drug-likeness (QED) is 0.900. The maximum absolute atomic E-state index is 13.4. The summed E-state index contributed by atoms with van der Waals surface area (Å²) in [5.41, 5.74) is 0.897. The third kappa shape index (κ3) is 3.98. The van der Waals surface area contributed by atoms with Crippen molar-refractivity contribution in [2.75, 3.05) is 0 Å². The van der Waals surface area contributed by atoms with E-state index in [0.29, 0.717) is 34.1 Å². The first-order valence-electron chi connectivity index (χ1n) is 6.24. The molecule has 0 aliphatic heterocycles. The molecule has 2 N–H and O–H groups in total. The smallest absolute Gasteiger partial charge is 0.251 e. The number of aromatic amines is 1. The highest BCUT2D eigenvalue weighted by Crippen LogP contribution is 2.21. The Balaban J connectivity index is 2.38. The molecule has 0 fully saturated rings. The second-order valence-electron chi connectivity index (χ2n) is 4.78. The Kier molecular flexibility index (Phi) is 4.67. The van der Waals surface area contributed by atoms with Gasteiger partial charge in [0.1, 0.15) is 11.6 Å². The Morgan fingerprint density at radius 3 is 2.75 bits per heavy atom. The van der Waals surface area contributed by atoms with Crippen molar-refractivity contribution in [3.05, 3.63) is 50.6 Å². The summed E-state index contributed by atoms with van der Waals surface area (Å²) in [4.78, 5) is 18.6. The summed E-state index contributed by atoms with van der Waals surface area (Å²) in [6.45, 7) is 4.51. The average Bonchev–Trinajstić information content (AvgIpc) is 2.34. The summed E-state index contributed by atoms with van der Waals surface area (Å²) in [6, 6.07) is 6.13. The van der Waals surface area contributed by atoms with Gasteiger partial charge in [-0.15, -0.1) is 0 Å². The number of hydrogen-bond donors (Lipinski definition) is 2. The molecular formula is C14H15BrFN3O. The van der Waals surface area contributed by atoms with Gasteiger partial charge in [0.25, 0.3) is 5.56 Å². The molecule has 0 saturated carbocycles. The van der Waals surface area contributed by atoms with Gasteiger partial charge in [-0.25, -0.2) is 9.37 Å². The number of benzene rings is 1. The van der Waals surface area contributed by atoms with Crippen molar-refractivity contribution in [1.29, 1.82) is 0 Å². The van der Waals surface area contributed by atoms with Gasteiger partial charge in [-0.3, -0.25) is 4.79 Å². The van der Waals surface area contributed by atoms with Crippen LogP contribution in [0.2, 0.25) is 0 Å². The number of H-pyrrole nitrogens is 1. The van der Waals surface area contributed by atoms with E-state index in [1.165, 1.54) is 18.2 Å². The first-order chi connectivity index (χ1) is 9.44. The highest BCUT2D eigenvalue weighted by Gasteiger charge is 2.07. The van der Waals surface area contributed by atoms with Gasteiger partial charge in [0.2, 0.25) is 0 Å². The van der Waals surface area contributed by atoms with Crippen molar-refractivity contribution in [3.63, 3.8) is 0 Å². The molecule has 2 rings (SSSR count). The second kappa shape index (κ2) is 6.28. The van der Waals surface area contributed by atoms with Crippen LogP contribution >= 0.6 is 15.9 Å². The summed E-state index contributed by atoms with van der Waals surface area (Å²) >= 11 is 3.22. The molecule has 0 amide bonds. The minimum Gasteiger partial charge on any atom is -0.309 e. The lowest BCUT2D eigenvalue weighted by Crippen LogP contribution is -2.24. The van der Waals surface area contributed by atoms with Crippen molar-refractivity contribution in [1.82, 2.24) is 15.3 Å². The summed E-state index contributed by atoms with van der Waals surface area (Å²) in [5.74, 6) is -0.0269. The molecule has 1 heterocycles. The molecule has 0 atom stereocenters. The highest BCUT2D eigenvalue weighted by molar-refractivity contribution is 9.10. The van der Waals surface area contributed by atoms with Crippen LogP contribution in [-0.4, -0.2) is 16.0 Å². The fourth-order valence-electron chi connectivity index (χ4n) is 1.73. The minimum atomic E-state index is -0.386. The standard InChI is InChI=1S/C14H15BrFN3O/c1-8(2)17-7-12-6-13(20)19-14(18-12)9-3-10(15)5-11(16)4-9/h3-6,8,17H,7H2,1-2H3,(H,18,19,20). The molecule has 1 aromatic carbocycles. The van der Waals surface area contributed by atoms with Crippen molar-refractivity contribution >= 4 is 15.9 Å². The van der Waals surface area contributed by atoms with Crippen LogP contribution in [0.3, 0.4) is 0 Å². The fraction of sp³-hybridized carbons (Fsp3) is 0.286. The van der Waals surface area contributed by atoms with Crippen molar-refractivity contribution in [2.45, 2.75) is 26.4 Å². The third-order valence-electron chi connectivity index (χ3n) is 2.62. The van der Waals surface area contributed by atoms with E-state index >= 15 is 0 Å². The van der Waals surface area contributed by atoms with Crippen LogP contribution in [-0.2, 0) is 6.54 Å². The van der Waals surface area contributed by atoms with E-state index < -0.39 is 0 Å². The molecular weight excluding hydrogens is 325 g/mol. The van der Waals surface area contributed by atoms with Gasteiger partial charge in [0.05, 0.1) is 5.69 Å². The van der Waals surface area contributed by atoms with E-state index in [4.69, 9.17) is 0 Å². The molecule has 0 spiro atoms. The number of halogens is 2. The molecule has 0 saturated heterocycles. The van der Waals surface area contributed by atoms with Crippen LogP contribution in [0.1, 0.15) is 19.5 Å². The van der Waals surface area contributed by atoms with Gasteiger partial charge in [-0.2, -0.15) is 0 Å². The van der Waals surface area contributed by atoms with Gasteiger partial charge >= 0.3 is 0 Å². The number of rotatable bonds is 4. The normalized spacial score (nSPS) is 11.1. The zero-order valence-corrected chi connectivity index (χ0v) is 12.8. The van der Waals surface area contributed by atoms with Crippen LogP contribution in [0.5, 0.6) is 0 Å². The van der Waals surface area contributed by atoms with Gasteiger partial charge < -0.3 is 10.3 Å². The van der Waals surface area contributed by atoms with E-state index in [1.54, 1.807) is 6.07 Å². The number of aromatic nitrogens is 2. The summed E-state index contributed by atoms with van der Waals surface area (Å²) in [7, 11) is 0. The largest absolute Gasteiger partial charge is 0.309 e. The maximum Gasteiger partial charge on any atom is 0.251 e. The van der Waals surface area contributed by atoms with Crippen molar-refractivity contribution in [2.24, 2.45) is 0 Å². The molecule has 20 heavy (non-hydrogen) atoms. The topological polar surface area (TPSA) is 57.8 Å². The first kappa shape index (κ1) is 14.9. The Labute approximate surface area is 124 Å². The van der Waals surface area contributed by atoms with E-state index in [-0.39, 0.29) is 11.4 Å². The van der Waals surface area contributed by atoms with Crippen LogP contribution in [0.25, 0.3) is 11.4 Å². The molecule has 106 valence electrons. The van der Waals surface area contributed by atoms with E-state index in [9.17, 15) is 9.18 Å². The molecule has 0 unspecified atom stereocenters. The average molecular weight is 340 g/mol. The van der Waals surface area contributed by atoms with Crippen LogP contribution in [0.4, 0.5) is 4.39 Å². The molecule has 0 radical (unpaired) electrons. The Morgan fingerprint density at radius 1 is 1.35 bits per heavy atom. The molecule has 1 aromatic heterocycles. The first-order valence-corrected chi connectivity index (χ1v) is 7.03.